The van der Waals surface area contributed by atoms with Crippen molar-refractivity contribution in [1.82, 2.24) is 9.88 Å². The molecule has 3 aliphatic rings. The minimum Gasteiger partial charge on any atom is -0.486 e. The standard InChI is InChI=1S/C29H25N3O4/c33-27-15-24(29(34)32(27)19-10-11-25-26(14-19)36-13-12-35-25)31-16-21(18-6-2-1-3-7-18)28-20-8-4-5-9-22(20)30-23(28)17-31/h1-11,14,21,24,30H,12-13,15-17H2. The normalized spacial score (nSPS) is 21.7. The van der Waals surface area contributed by atoms with E-state index in [2.05, 4.69) is 52.3 Å². The summed E-state index contributed by atoms with van der Waals surface area (Å²) in [6.45, 7) is 2.19. The van der Waals surface area contributed by atoms with Crippen LogP contribution in [0.4, 0.5) is 5.69 Å². The summed E-state index contributed by atoms with van der Waals surface area (Å²) in [6, 6.07) is 23.5. The van der Waals surface area contributed by atoms with Gasteiger partial charge in [-0.1, -0.05) is 48.5 Å². The van der Waals surface area contributed by atoms with Crippen LogP contribution in [0.15, 0.2) is 72.8 Å². The lowest BCUT2D eigenvalue weighted by Crippen LogP contribution is -2.45. The molecule has 3 aliphatic heterocycles. The minimum atomic E-state index is -0.517. The van der Waals surface area contributed by atoms with E-state index in [-0.39, 0.29) is 24.2 Å². The fraction of sp³-hybridized carbons (Fsp3) is 0.241. The Morgan fingerprint density at radius 1 is 0.861 bits per heavy atom. The van der Waals surface area contributed by atoms with Crippen LogP contribution in [-0.2, 0) is 16.1 Å². The summed E-state index contributed by atoms with van der Waals surface area (Å²) in [7, 11) is 0. The van der Waals surface area contributed by atoms with Crippen molar-refractivity contribution in [3.63, 3.8) is 0 Å². The van der Waals surface area contributed by atoms with Crippen molar-refractivity contribution in [2.45, 2.75) is 24.9 Å². The molecule has 4 aromatic rings. The van der Waals surface area contributed by atoms with Crippen LogP contribution in [0.3, 0.4) is 0 Å². The van der Waals surface area contributed by atoms with E-state index in [0.29, 0.717) is 43.5 Å². The quantitative estimate of drug-likeness (QED) is 0.446. The minimum absolute atomic E-state index is 0.0948. The molecule has 36 heavy (non-hydrogen) atoms. The highest BCUT2D eigenvalue weighted by Crippen LogP contribution is 2.41. The number of para-hydroxylation sites is 1. The first-order valence-electron chi connectivity index (χ1n) is 12.3. The van der Waals surface area contributed by atoms with Gasteiger partial charge in [-0.25, -0.2) is 4.90 Å². The van der Waals surface area contributed by atoms with E-state index in [1.54, 1.807) is 18.2 Å². The second-order valence-corrected chi connectivity index (χ2v) is 9.57. The highest BCUT2D eigenvalue weighted by molar-refractivity contribution is 6.22. The second kappa shape index (κ2) is 8.24. The first kappa shape index (κ1) is 21.2. The molecule has 0 bridgehead atoms. The van der Waals surface area contributed by atoms with Gasteiger partial charge in [0.15, 0.2) is 11.5 Å². The third-order valence-electron chi connectivity index (χ3n) is 7.50. The number of aromatic amines is 1. The van der Waals surface area contributed by atoms with Crippen LogP contribution in [0, 0.1) is 0 Å². The summed E-state index contributed by atoms with van der Waals surface area (Å²) >= 11 is 0. The summed E-state index contributed by atoms with van der Waals surface area (Å²) in [5.41, 5.74) is 5.22. The second-order valence-electron chi connectivity index (χ2n) is 9.57. The van der Waals surface area contributed by atoms with Crippen LogP contribution < -0.4 is 14.4 Å². The number of H-pyrrole nitrogens is 1. The van der Waals surface area contributed by atoms with E-state index in [4.69, 9.17) is 9.47 Å². The lowest BCUT2D eigenvalue weighted by molar-refractivity contribution is -0.123. The maximum atomic E-state index is 13.7. The predicted molar refractivity (Wildman–Crippen MR) is 135 cm³/mol. The highest BCUT2D eigenvalue weighted by Gasteiger charge is 2.45. The van der Waals surface area contributed by atoms with Crippen molar-refractivity contribution in [2.24, 2.45) is 0 Å². The van der Waals surface area contributed by atoms with Crippen LogP contribution >= 0.6 is 0 Å². The molecule has 4 heterocycles. The number of benzene rings is 3. The Hall–Kier alpha value is -4.10. The molecule has 7 rings (SSSR count). The molecule has 7 nitrogen and oxygen atoms in total. The molecule has 2 unspecified atom stereocenters. The Morgan fingerprint density at radius 2 is 1.64 bits per heavy atom. The highest BCUT2D eigenvalue weighted by atomic mass is 16.6. The van der Waals surface area contributed by atoms with E-state index >= 15 is 0 Å². The molecule has 0 aliphatic carbocycles. The fourth-order valence-electron chi connectivity index (χ4n) is 5.87. The number of rotatable bonds is 3. The molecule has 1 aromatic heterocycles. The molecular weight excluding hydrogens is 454 g/mol. The Balaban J connectivity index is 1.24. The van der Waals surface area contributed by atoms with Crippen LogP contribution in [0.2, 0.25) is 0 Å². The first-order chi connectivity index (χ1) is 17.7. The summed E-state index contributed by atoms with van der Waals surface area (Å²) < 4.78 is 11.3. The van der Waals surface area contributed by atoms with Gasteiger partial charge in [0.25, 0.3) is 5.91 Å². The van der Waals surface area contributed by atoms with Crippen molar-refractivity contribution in [2.75, 3.05) is 24.7 Å². The number of nitrogens with zero attached hydrogens (tertiary/aromatic N) is 2. The van der Waals surface area contributed by atoms with Crippen molar-refractivity contribution in [1.29, 1.82) is 0 Å². The molecule has 3 aromatic carbocycles. The number of hydrogen-bond acceptors (Lipinski definition) is 5. The zero-order valence-corrected chi connectivity index (χ0v) is 19.6. The molecule has 2 atom stereocenters. The summed E-state index contributed by atoms with van der Waals surface area (Å²) in [5.74, 6) is 0.905. The number of carbonyl (C=O) groups is 2. The number of imide groups is 1. The molecule has 1 fully saturated rings. The largest absolute Gasteiger partial charge is 0.486 e. The molecule has 2 amide bonds. The van der Waals surface area contributed by atoms with E-state index in [1.165, 1.54) is 21.4 Å². The molecule has 180 valence electrons. The van der Waals surface area contributed by atoms with E-state index in [9.17, 15) is 9.59 Å². The Morgan fingerprint density at radius 3 is 2.50 bits per heavy atom. The number of carbonyl (C=O) groups excluding carboxylic acids is 2. The van der Waals surface area contributed by atoms with Gasteiger partial charge in [-0.15, -0.1) is 0 Å². The van der Waals surface area contributed by atoms with Crippen molar-refractivity contribution >= 4 is 28.4 Å². The fourth-order valence-corrected chi connectivity index (χ4v) is 5.87. The van der Waals surface area contributed by atoms with E-state index in [1.807, 2.05) is 12.1 Å². The van der Waals surface area contributed by atoms with Crippen molar-refractivity contribution in [3.05, 3.63) is 89.6 Å². The number of ether oxygens (including phenoxy) is 2. The van der Waals surface area contributed by atoms with Gasteiger partial charge < -0.3 is 14.5 Å². The SMILES string of the molecule is O=C1CC(N2Cc3[nH]c4ccccc4c3C(c3ccccc3)C2)C(=O)N1c1ccc2c(c1)OCCO2. The maximum Gasteiger partial charge on any atom is 0.251 e. The Labute approximate surface area is 208 Å². The lowest BCUT2D eigenvalue weighted by atomic mass is 9.85. The number of aromatic nitrogens is 1. The first-order valence-corrected chi connectivity index (χ1v) is 12.3. The van der Waals surface area contributed by atoms with Gasteiger partial charge in [-0.05, 0) is 29.3 Å². The average molecular weight is 480 g/mol. The van der Waals surface area contributed by atoms with Crippen LogP contribution in [0.25, 0.3) is 10.9 Å². The molecule has 1 N–H and O–H groups in total. The summed E-state index contributed by atoms with van der Waals surface area (Å²) in [6.07, 6.45) is 0.157. The molecule has 0 saturated carbocycles. The van der Waals surface area contributed by atoms with E-state index < -0.39 is 6.04 Å². The lowest BCUT2D eigenvalue weighted by Gasteiger charge is -2.36. The molecule has 1 saturated heterocycles. The van der Waals surface area contributed by atoms with Gasteiger partial charge in [0.1, 0.15) is 13.2 Å². The van der Waals surface area contributed by atoms with Crippen LogP contribution in [0.5, 0.6) is 11.5 Å². The van der Waals surface area contributed by atoms with Gasteiger partial charge in [0.05, 0.1) is 18.2 Å². The van der Waals surface area contributed by atoms with Gasteiger partial charge >= 0.3 is 0 Å². The number of hydrogen-bond donors (Lipinski definition) is 1. The Kier molecular flexibility index (Phi) is 4.85. The van der Waals surface area contributed by atoms with Gasteiger partial charge in [-0.2, -0.15) is 0 Å². The van der Waals surface area contributed by atoms with Crippen LogP contribution in [-0.4, -0.2) is 47.5 Å². The van der Waals surface area contributed by atoms with Crippen LogP contribution in [0.1, 0.15) is 29.2 Å². The molecule has 7 heteroatoms. The zero-order chi connectivity index (χ0) is 24.2. The maximum absolute atomic E-state index is 13.7. The monoisotopic (exact) mass is 479 g/mol. The third kappa shape index (κ3) is 3.31. The van der Waals surface area contributed by atoms with Crippen molar-refractivity contribution in [3.8, 4) is 11.5 Å². The number of anilines is 1. The van der Waals surface area contributed by atoms with Gasteiger partial charge in [-0.3, -0.25) is 14.5 Å². The van der Waals surface area contributed by atoms with Crippen molar-refractivity contribution < 1.29 is 19.1 Å². The zero-order valence-electron chi connectivity index (χ0n) is 19.6. The third-order valence-corrected chi connectivity index (χ3v) is 7.50. The van der Waals surface area contributed by atoms with Gasteiger partial charge in [0, 0.05) is 41.7 Å². The topological polar surface area (TPSA) is 74.9 Å². The number of fused-ring (bicyclic) bond motifs is 4. The molecule has 0 radical (unpaired) electrons. The molecular formula is C29H25N3O4. The number of nitrogens with one attached hydrogen (secondary N) is 1. The van der Waals surface area contributed by atoms with Gasteiger partial charge in [0.2, 0.25) is 5.91 Å². The average Bonchev–Trinajstić information content (AvgIpc) is 3.44. The Bertz CT molecular complexity index is 1500. The smallest absolute Gasteiger partial charge is 0.251 e. The molecule has 0 spiro atoms. The predicted octanol–water partition coefficient (Wildman–Crippen LogP) is 4.22. The summed E-state index contributed by atoms with van der Waals surface area (Å²) in [4.78, 5) is 33.9. The van der Waals surface area contributed by atoms with E-state index in [0.717, 1.165) is 11.2 Å². The summed E-state index contributed by atoms with van der Waals surface area (Å²) in [5, 5.41) is 1.22. The number of amides is 2.